The van der Waals surface area contributed by atoms with Crippen molar-refractivity contribution in [1.29, 1.82) is 0 Å². The SMILES string of the molecule is C=C(C)C[C@H](NC(=O)c1cc2cc(OCCN3CCOCC3)ccc2o1)C(=O)N[C@@H]1C(=O)CO[C@@H]1C. The Hall–Kier alpha value is -3.21. The lowest BCUT2D eigenvalue weighted by atomic mass is 10.1. The van der Waals surface area contributed by atoms with Crippen molar-refractivity contribution in [2.75, 3.05) is 46.1 Å². The highest BCUT2D eigenvalue weighted by molar-refractivity contribution is 6.00. The zero-order chi connectivity index (χ0) is 25.7. The fourth-order valence-electron chi connectivity index (χ4n) is 4.24. The molecular weight excluding hydrogens is 466 g/mol. The van der Waals surface area contributed by atoms with Crippen LogP contribution in [-0.4, -0.2) is 86.7 Å². The number of ether oxygens (including phenoxy) is 3. The van der Waals surface area contributed by atoms with E-state index in [0.29, 0.717) is 28.9 Å². The molecule has 0 unspecified atom stereocenters. The van der Waals surface area contributed by atoms with Crippen molar-refractivity contribution < 1.29 is 33.0 Å². The molecule has 2 fully saturated rings. The van der Waals surface area contributed by atoms with E-state index in [1.165, 1.54) is 0 Å². The van der Waals surface area contributed by atoms with E-state index in [1.807, 2.05) is 6.07 Å². The molecule has 2 N–H and O–H groups in total. The van der Waals surface area contributed by atoms with E-state index >= 15 is 0 Å². The highest BCUT2D eigenvalue weighted by Crippen LogP contribution is 2.25. The number of nitrogens with one attached hydrogen (secondary N) is 2. The number of hydrogen-bond acceptors (Lipinski definition) is 8. The lowest BCUT2D eigenvalue weighted by Gasteiger charge is -2.26. The van der Waals surface area contributed by atoms with Crippen molar-refractivity contribution in [2.24, 2.45) is 0 Å². The number of ketones is 1. The van der Waals surface area contributed by atoms with E-state index in [4.69, 9.17) is 18.6 Å². The average molecular weight is 500 g/mol. The van der Waals surface area contributed by atoms with Gasteiger partial charge in [0.2, 0.25) is 5.91 Å². The number of benzene rings is 1. The van der Waals surface area contributed by atoms with Gasteiger partial charge in [0.15, 0.2) is 11.5 Å². The number of carbonyl (C=O) groups is 3. The van der Waals surface area contributed by atoms with Crippen LogP contribution >= 0.6 is 0 Å². The maximum Gasteiger partial charge on any atom is 0.287 e. The Balaban J connectivity index is 1.38. The van der Waals surface area contributed by atoms with Crippen LogP contribution in [0.15, 0.2) is 40.8 Å². The summed E-state index contributed by atoms with van der Waals surface area (Å²) in [7, 11) is 0. The summed E-state index contributed by atoms with van der Waals surface area (Å²) in [6, 6.07) is 5.33. The third-order valence-corrected chi connectivity index (χ3v) is 6.27. The molecule has 0 saturated carbocycles. The maximum absolute atomic E-state index is 13.0. The Labute approximate surface area is 209 Å². The summed E-state index contributed by atoms with van der Waals surface area (Å²) < 4.78 is 22.2. The van der Waals surface area contributed by atoms with Crippen molar-refractivity contribution in [1.82, 2.24) is 15.5 Å². The first-order chi connectivity index (χ1) is 17.3. The molecule has 0 bridgehead atoms. The van der Waals surface area contributed by atoms with Crippen LogP contribution in [-0.2, 0) is 19.1 Å². The molecule has 1 aromatic carbocycles. The summed E-state index contributed by atoms with van der Waals surface area (Å²) in [5.41, 5.74) is 1.24. The molecule has 1 aromatic heterocycles. The van der Waals surface area contributed by atoms with Gasteiger partial charge < -0.3 is 29.3 Å². The zero-order valence-electron chi connectivity index (χ0n) is 20.7. The van der Waals surface area contributed by atoms with E-state index in [-0.39, 0.29) is 24.6 Å². The Bertz CT molecular complexity index is 1120. The Morgan fingerprint density at radius 3 is 2.72 bits per heavy atom. The molecule has 36 heavy (non-hydrogen) atoms. The van der Waals surface area contributed by atoms with Gasteiger partial charge in [0.25, 0.3) is 5.91 Å². The van der Waals surface area contributed by atoms with Gasteiger partial charge in [0.05, 0.1) is 19.3 Å². The first-order valence-corrected chi connectivity index (χ1v) is 12.2. The van der Waals surface area contributed by atoms with E-state index in [2.05, 4.69) is 22.1 Å². The van der Waals surface area contributed by atoms with E-state index in [1.54, 1.807) is 32.0 Å². The molecule has 2 aliphatic heterocycles. The third-order valence-electron chi connectivity index (χ3n) is 6.27. The Morgan fingerprint density at radius 2 is 2.03 bits per heavy atom. The average Bonchev–Trinajstić information content (AvgIpc) is 3.42. The number of furan rings is 1. The normalized spacial score (nSPS) is 21.3. The van der Waals surface area contributed by atoms with Crippen LogP contribution in [0.1, 0.15) is 30.8 Å². The van der Waals surface area contributed by atoms with Crippen LogP contribution < -0.4 is 15.4 Å². The molecule has 3 atom stereocenters. The second-order valence-corrected chi connectivity index (χ2v) is 9.27. The monoisotopic (exact) mass is 499 g/mol. The van der Waals surface area contributed by atoms with Crippen molar-refractivity contribution in [3.8, 4) is 5.75 Å². The molecule has 2 saturated heterocycles. The molecule has 194 valence electrons. The van der Waals surface area contributed by atoms with Crippen molar-refractivity contribution in [3.63, 3.8) is 0 Å². The second-order valence-electron chi connectivity index (χ2n) is 9.27. The van der Waals surface area contributed by atoms with E-state index in [9.17, 15) is 14.4 Å². The zero-order valence-corrected chi connectivity index (χ0v) is 20.7. The summed E-state index contributed by atoms with van der Waals surface area (Å²) in [5, 5.41) is 6.12. The molecule has 10 nitrogen and oxygen atoms in total. The molecule has 3 heterocycles. The lowest BCUT2D eigenvalue weighted by molar-refractivity contribution is -0.127. The van der Waals surface area contributed by atoms with Crippen LogP contribution in [0.2, 0.25) is 0 Å². The minimum atomic E-state index is -0.914. The van der Waals surface area contributed by atoms with Gasteiger partial charge in [0, 0.05) is 25.0 Å². The van der Waals surface area contributed by atoms with Gasteiger partial charge in [-0.2, -0.15) is 0 Å². The van der Waals surface area contributed by atoms with Crippen molar-refractivity contribution in [3.05, 3.63) is 42.2 Å². The van der Waals surface area contributed by atoms with Gasteiger partial charge in [0.1, 0.15) is 36.6 Å². The Kier molecular flexibility index (Phi) is 8.40. The van der Waals surface area contributed by atoms with Crippen LogP contribution in [0.4, 0.5) is 0 Å². The quantitative estimate of drug-likeness (QED) is 0.474. The summed E-state index contributed by atoms with van der Waals surface area (Å²) in [6.45, 7) is 11.9. The highest BCUT2D eigenvalue weighted by atomic mass is 16.5. The van der Waals surface area contributed by atoms with Crippen molar-refractivity contribution in [2.45, 2.75) is 38.5 Å². The second kappa shape index (κ2) is 11.7. The number of amides is 2. The van der Waals surface area contributed by atoms with Crippen LogP contribution in [0, 0.1) is 0 Å². The molecule has 0 spiro atoms. The van der Waals surface area contributed by atoms with Gasteiger partial charge in [-0.1, -0.05) is 5.57 Å². The standard InChI is InChI=1S/C26H33N3O7/c1-16(2)12-20(25(31)28-24-17(3)35-15-21(24)30)27-26(32)23-14-18-13-19(4-5-22(18)36-23)34-11-8-29-6-9-33-10-7-29/h4-5,13-14,17,20,24H,1,6-12,15H2,2-3H3,(H,27,32)(H,28,31)/t17-,20+,24+/m1/s1. The minimum Gasteiger partial charge on any atom is -0.492 e. The van der Waals surface area contributed by atoms with E-state index < -0.39 is 30.0 Å². The van der Waals surface area contributed by atoms with Gasteiger partial charge in [-0.15, -0.1) is 6.58 Å². The first-order valence-electron chi connectivity index (χ1n) is 12.2. The Morgan fingerprint density at radius 1 is 1.25 bits per heavy atom. The van der Waals surface area contributed by atoms with Gasteiger partial charge in [-0.05, 0) is 44.5 Å². The topological polar surface area (TPSA) is 119 Å². The van der Waals surface area contributed by atoms with Crippen molar-refractivity contribution >= 4 is 28.6 Å². The van der Waals surface area contributed by atoms with Crippen LogP contribution in [0.3, 0.4) is 0 Å². The fourth-order valence-corrected chi connectivity index (χ4v) is 4.24. The number of hydrogen-bond donors (Lipinski definition) is 2. The molecule has 2 amide bonds. The summed E-state index contributed by atoms with van der Waals surface area (Å²) in [4.78, 5) is 40.1. The number of fused-ring (bicyclic) bond motifs is 1. The van der Waals surface area contributed by atoms with Crippen LogP contribution in [0.25, 0.3) is 11.0 Å². The third kappa shape index (κ3) is 6.51. The molecule has 0 radical (unpaired) electrons. The molecule has 2 aromatic rings. The fraction of sp³-hybridized carbons (Fsp3) is 0.500. The largest absolute Gasteiger partial charge is 0.492 e. The van der Waals surface area contributed by atoms with Gasteiger partial charge >= 0.3 is 0 Å². The predicted octanol–water partition coefficient (Wildman–Crippen LogP) is 1.68. The number of carbonyl (C=O) groups excluding carboxylic acids is 3. The number of rotatable bonds is 10. The lowest BCUT2D eigenvalue weighted by Crippen LogP contribution is -2.53. The van der Waals surface area contributed by atoms with Gasteiger partial charge in [-0.3, -0.25) is 19.3 Å². The summed E-state index contributed by atoms with van der Waals surface area (Å²) >= 11 is 0. The summed E-state index contributed by atoms with van der Waals surface area (Å²) in [6.07, 6.45) is -0.210. The number of morpholine rings is 1. The molecular formula is C26H33N3O7. The number of nitrogens with zero attached hydrogens (tertiary/aromatic N) is 1. The molecule has 4 rings (SSSR count). The maximum atomic E-state index is 13.0. The first kappa shape index (κ1) is 25.9. The minimum absolute atomic E-state index is 0.0402. The smallest absolute Gasteiger partial charge is 0.287 e. The predicted molar refractivity (Wildman–Crippen MR) is 132 cm³/mol. The number of Topliss-reactive ketones (excluding diaryl/α,β-unsaturated/α-hetero) is 1. The molecule has 10 heteroatoms. The van der Waals surface area contributed by atoms with Gasteiger partial charge in [-0.25, -0.2) is 0 Å². The summed E-state index contributed by atoms with van der Waals surface area (Å²) in [5.74, 6) is -0.459. The van der Waals surface area contributed by atoms with Crippen LogP contribution in [0.5, 0.6) is 5.75 Å². The van der Waals surface area contributed by atoms with E-state index in [0.717, 1.165) is 32.8 Å². The molecule has 2 aliphatic rings. The highest BCUT2D eigenvalue weighted by Gasteiger charge is 2.35. The molecule has 0 aliphatic carbocycles.